The van der Waals surface area contributed by atoms with E-state index in [1.807, 2.05) is 6.20 Å². The van der Waals surface area contributed by atoms with Gasteiger partial charge in [0.05, 0.1) is 17.8 Å². The van der Waals surface area contributed by atoms with E-state index in [9.17, 15) is 9.90 Å². The van der Waals surface area contributed by atoms with Gasteiger partial charge in [-0.3, -0.25) is 9.89 Å². The molecule has 1 aliphatic heterocycles. The summed E-state index contributed by atoms with van der Waals surface area (Å²) in [5.74, 6) is 0.746. The third kappa shape index (κ3) is 3.80. The lowest BCUT2D eigenvalue weighted by Gasteiger charge is -2.37. The minimum atomic E-state index is -0.244. The van der Waals surface area contributed by atoms with E-state index in [-0.39, 0.29) is 29.3 Å². The summed E-state index contributed by atoms with van der Waals surface area (Å²) in [6.07, 6.45) is 4.70. The highest BCUT2D eigenvalue weighted by atomic mass is 16.3. The van der Waals surface area contributed by atoms with Gasteiger partial charge in [0.2, 0.25) is 5.95 Å². The molecule has 0 spiro atoms. The molecule has 1 saturated heterocycles. The van der Waals surface area contributed by atoms with Gasteiger partial charge in [-0.15, -0.1) is 0 Å². The molecule has 9 nitrogen and oxygen atoms in total. The fourth-order valence-electron chi connectivity index (χ4n) is 4.07. The quantitative estimate of drug-likeness (QED) is 0.623. The molecule has 3 heterocycles. The Labute approximate surface area is 163 Å². The van der Waals surface area contributed by atoms with Gasteiger partial charge in [-0.1, -0.05) is 13.8 Å². The number of carbonyl (C=O) groups excluding carboxylic acids is 1. The van der Waals surface area contributed by atoms with Crippen molar-refractivity contribution >= 4 is 17.7 Å². The Morgan fingerprint density at radius 3 is 2.82 bits per heavy atom. The second-order valence-electron chi connectivity index (χ2n) is 8.57. The number of H-pyrrole nitrogens is 1. The first-order chi connectivity index (χ1) is 13.3. The van der Waals surface area contributed by atoms with Crippen LogP contribution in [-0.4, -0.2) is 50.4 Å². The number of hydrogen-bond donors (Lipinski definition) is 4. The summed E-state index contributed by atoms with van der Waals surface area (Å²) in [5.41, 5.74) is 7.88. The van der Waals surface area contributed by atoms with Crippen LogP contribution >= 0.6 is 0 Å². The van der Waals surface area contributed by atoms with Gasteiger partial charge in [0, 0.05) is 30.9 Å². The Balaban J connectivity index is 1.58. The number of carbonyl (C=O) groups is 1. The summed E-state index contributed by atoms with van der Waals surface area (Å²) in [6.45, 7) is 5.88. The first kappa shape index (κ1) is 18.7. The van der Waals surface area contributed by atoms with Gasteiger partial charge < -0.3 is 21.1 Å². The maximum Gasteiger partial charge on any atom is 0.269 e. The minimum absolute atomic E-state index is 0.00166. The molecule has 9 heteroatoms. The molecular weight excluding hydrogens is 358 g/mol. The van der Waals surface area contributed by atoms with Gasteiger partial charge in [0.15, 0.2) is 0 Å². The largest absolute Gasteiger partial charge is 0.393 e. The van der Waals surface area contributed by atoms with Crippen LogP contribution in [0.2, 0.25) is 0 Å². The van der Waals surface area contributed by atoms with Crippen LogP contribution in [-0.2, 0) is 6.42 Å². The van der Waals surface area contributed by atoms with E-state index in [4.69, 9.17) is 10.7 Å². The van der Waals surface area contributed by atoms with Gasteiger partial charge in [0.1, 0.15) is 11.5 Å². The Kier molecular flexibility index (Phi) is 4.70. The van der Waals surface area contributed by atoms with Crippen LogP contribution in [0.15, 0.2) is 12.3 Å². The Morgan fingerprint density at radius 1 is 1.39 bits per heavy atom. The van der Waals surface area contributed by atoms with Crippen LogP contribution in [0.5, 0.6) is 0 Å². The number of aliphatic hydroxyl groups is 1. The predicted molar refractivity (Wildman–Crippen MR) is 105 cm³/mol. The van der Waals surface area contributed by atoms with Gasteiger partial charge in [-0.25, -0.2) is 9.97 Å². The van der Waals surface area contributed by atoms with Gasteiger partial charge in [-0.05, 0) is 31.1 Å². The highest BCUT2D eigenvalue weighted by Gasteiger charge is 2.35. The van der Waals surface area contributed by atoms with E-state index in [1.54, 1.807) is 0 Å². The Morgan fingerprint density at radius 2 is 2.14 bits per heavy atom. The zero-order valence-electron chi connectivity index (χ0n) is 16.3. The van der Waals surface area contributed by atoms with Crippen LogP contribution in [0.1, 0.15) is 60.9 Å². The summed E-state index contributed by atoms with van der Waals surface area (Å²) in [5, 5.41) is 19.3. The number of nitrogens with one attached hydrogen (secondary N) is 2. The average Bonchev–Trinajstić information content (AvgIpc) is 3.07. The molecule has 0 bridgehead atoms. The molecule has 150 valence electrons. The fourth-order valence-corrected chi connectivity index (χ4v) is 4.07. The van der Waals surface area contributed by atoms with E-state index in [2.05, 4.69) is 39.2 Å². The Bertz CT molecular complexity index is 871. The molecule has 4 rings (SSSR count). The molecular formula is C19H27N7O2. The van der Waals surface area contributed by atoms with Crippen LogP contribution < -0.4 is 16.0 Å². The number of hydrogen-bond acceptors (Lipinski definition) is 7. The molecule has 1 fully saturated rings. The molecule has 1 atom stereocenters. The fraction of sp³-hybridized carbons (Fsp3) is 0.579. The summed E-state index contributed by atoms with van der Waals surface area (Å²) in [7, 11) is 0. The van der Waals surface area contributed by atoms with Crippen molar-refractivity contribution in [2.45, 2.75) is 51.7 Å². The number of fused-ring (bicyclic) bond motifs is 1. The molecule has 5 N–H and O–H groups in total. The molecule has 0 aromatic carbocycles. The van der Waals surface area contributed by atoms with Crippen LogP contribution in [0, 0.1) is 5.41 Å². The summed E-state index contributed by atoms with van der Waals surface area (Å²) >= 11 is 0. The molecule has 2 aromatic heterocycles. The number of amides is 1. The van der Waals surface area contributed by atoms with E-state index in [0.717, 1.165) is 50.0 Å². The predicted octanol–water partition coefficient (Wildman–Crippen LogP) is 1.19. The lowest BCUT2D eigenvalue weighted by molar-refractivity contribution is 0.0914. The van der Waals surface area contributed by atoms with Gasteiger partial charge >= 0.3 is 0 Å². The molecule has 1 unspecified atom stereocenters. The first-order valence-electron chi connectivity index (χ1n) is 9.71. The maximum atomic E-state index is 12.6. The van der Waals surface area contributed by atoms with Crippen LogP contribution in [0.4, 0.5) is 11.8 Å². The number of nitrogen functional groups attached to an aromatic ring is 1. The smallest absolute Gasteiger partial charge is 0.269 e. The summed E-state index contributed by atoms with van der Waals surface area (Å²) in [6, 6.07) is 1.35. The number of aromatic nitrogens is 4. The van der Waals surface area contributed by atoms with E-state index in [0.29, 0.717) is 11.6 Å². The van der Waals surface area contributed by atoms with E-state index >= 15 is 0 Å². The third-order valence-corrected chi connectivity index (χ3v) is 5.56. The lowest BCUT2D eigenvalue weighted by Crippen LogP contribution is -2.39. The van der Waals surface area contributed by atoms with Crippen molar-refractivity contribution in [1.82, 2.24) is 25.5 Å². The number of aliphatic hydroxyl groups excluding tert-OH is 1. The number of aromatic amines is 1. The van der Waals surface area contributed by atoms with E-state index in [1.165, 1.54) is 6.07 Å². The monoisotopic (exact) mass is 385 g/mol. The van der Waals surface area contributed by atoms with Crippen LogP contribution in [0.3, 0.4) is 0 Å². The van der Waals surface area contributed by atoms with Crippen molar-refractivity contribution in [2.75, 3.05) is 23.7 Å². The van der Waals surface area contributed by atoms with Crippen molar-refractivity contribution in [3.63, 3.8) is 0 Å². The third-order valence-electron chi connectivity index (χ3n) is 5.56. The average molecular weight is 385 g/mol. The molecule has 1 aliphatic carbocycles. The van der Waals surface area contributed by atoms with Crippen molar-refractivity contribution in [2.24, 2.45) is 5.41 Å². The van der Waals surface area contributed by atoms with Crippen molar-refractivity contribution in [3.8, 4) is 0 Å². The SMILES string of the molecule is CC1(C)Cc2nc(N3CCC(O)CC3)ncc2C(NC(=O)c2cc(N)n[nH]2)C1. The first-order valence-corrected chi connectivity index (χ1v) is 9.71. The minimum Gasteiger partial charge on any atom is -0.393 e. The highest BCUT2D eigenvalue weighted by Crippen LogP contribution is 2.40. The Hall–Kier alpha value is -2.68. The summed E-state index contributed by atoms with van der Waals surface area (Å²) < 4.78 is 0. The molecule has 0 radical (unpaired) electrons. The highest BCUT2D eigenvalue weighted by molar-refractivity contribution is 5.93. The molecule has 1 amide bonds. The number of nitrogens with zero attached hydrogens (tertiary/aromatic N) is 4. The second-order valence-corrected chi connectivity index (χ2v) is 8.57. The number of piperidine rings is 1. The van der Waals surface area contributed by atoms with E-state index < -0.39 is 0 Å². The maximum absolute atomic E-state index is 12.6. The molecule has 2 aromatic rings. The molecule has 28 heavy (non-hydrogen) atoms. The number of anilines is 2. The molecule has 0 saturated carbocycles. The van der Waals surface area contributed by atoms with Gasteiger partial charge in [0.25, 0.3) is 5.91 Å². The lowest BCUT2D eigenvalue weighted by atomic mass is 9.74. The zero-order valence-corrected chi connectivity index (χ0v) is 16.3. The normalized spacial score (nSPS) is 22.0. The number of nitrogens with two attached hydrogens (primary N) is 1. The van der Waals surface area contributed by atoms with Crippen molar-refractivity contribution in [1.29, 1.82) is 0 Å². The zero-order chi connectivity index (χ0) is 19.9. The van der Waals surface area contributed by atoms with Crippen LogP contribution in [0.25, 0.3) is 0 Å². The molecule has 2 aliphatic rings. The number of rotatable bonds is 3. The van der Waals surface area contributed by atoms with Crippen molar-refractivity contribution in [3.05, 3.63) is 29.2 Å². The van der Waals surface area contributed by atoms with Gasteiger partial charge in [-0.2, -0.15) is 5.10 Å². The summed E-state index contributed by atoms with van der Waals surface area (Å²) in [4.78, 5) is 24.1. The second kappa shape index (κ2) is 7.05. The standard InChI is InChI=1S/C19H27N7O2/c1-19(2)8-14(22-17(28)13-7-16(20)25-24-13)12-10-21-18(23-15(12)9-19)26-5-3-11(27)4-6-26/h7,10-11,14,27H,3-6,8-9H2,1-2H3,(H,22,28)(H3,20,24,25). The van der Waals surface area contributed by atoms with Crippen molar-refractivity contribution < 1.29 is 9.90 Å². The topological polar surface area (TPSA) is 133 Å².